The van der Waals surface area contributed by atoms with E-state index in [4.69, 9.17) is 0 Å². The highest BCUT2D eigenvalue weighted by Gasteiger charge is 2.19. The van der Waals surface area contributed by atoms with Crippen LogP contribution in [0.5, 0.6) is 0 Å². The summed E-state index contributed by atoms with van der Waals surface area (Å²) < 4.78 is 1.19. The summed E-state index contributed by atoms with van der Waals surface area (Å²) in [6.07, 6.45) is 0. The first-order chi connectivity index (χ1) is 12.3. The summed E-state index contributed by atoms with van der Waals surface area (Å²) >= 11 is 1.10. The molecule has 0 spiro atoms. The number of benzene rings is 1. The molecule has 0 aliphatic rings. The van der Waals surface area contributed by atoms with Gasteiger partial charge in [-0.25, -0.2) is 9.78 Å². The van der Waals surface area contributed by atoms with Crippen LogP contribution in [0.4, 0.5) is 5.69 Å². The smallest absolute Gasteiger partial charge is 0.337 e. The van der Waals surface area contributed by atoms with Crippen LogP contribution in [0.3, 0.4) is 0 Å². The third kappa shape index (κ3) is 3.36. The summed E-state index contributed by atoms with van der Waals surface area (Å²) in [4.78, 5) is 41.0. The number of fused-ring (bicyclic) bond motifs is 1. The fraction of sp³-hybridized carbons (Fsp3) is 0.222. The van der Waals surface area contributed by atoms with Gasteiger partial charge in [0, 0.05) is 11.1 Å². The number of rotatable bonds is 4. The Labute approximate surface area is 152 Å². The van der Waals surface area contributed by atoms with Crippen molar-refractivity contribution in [2.24, 2.45) is 0 Å². The van der Waals surface area contributed by atoms with E-state index in [2.05, 4.69) is 10.3 Å². The summed E-state index contributed by atoms with van der Waals surface area (Å²) in [6, 6.07) is 5.67. The highest BCUT2D eigenvalue weighted by atomic mass is 32.1. The number of nitrogens with one attached hydrogen (secondary N) is 1. The van der Waals surface area contributed by atoms with E-state index in [1.807, 2.05) is 32.0 Å². The van der Waals surface area contributed by atoms with Gasteiger partial charge in [0.15, 0.2) is 0 Å². The number of hydrogen-bond acceptors (Lipinski definition) is 5. The second kappa shape index (κ2) is 6.72. The molecule has 0 aliphatic carbocycles. The number of amides is 1. The number of aryl methyl sites for hydroxylation is 3. The molecule has 0 bridgehead atoms. The second-order valence-electron chi connectivity index (χ2n) is 6.11. The summed E-state index contributed by atoms with van der Waals surface area (Å²) in [5.41, 5.74) is 2.06. The molecule has 3 rings (SSSR count). The Bertz CT molecular complexity index is 1080. The van der Waals surface area contributed by atoms with Crippen molar-refractivity contribution < 1.29 is 14.7 Å². The fourth-order valence-corrected chi connectivity index (χ4v) is 3.81. The topological polar surface area (TPSA) is 101 Å². The maximum Gasteiger partial charge on any atom is 0.337 e. The largest absolute Gasteiger partial charge is 0.478 e. The Balaban J connectivity index is 1.95. The van der Waals surface area contributed by atoms with Gasteiger partial charge < -0.3 is 10.4 Å². The predicted octanol–water partition coefficient (Wildman–Crippen LogP) is 2.72. The van der Waals surface area contributed by atoms with Gasteiger partial charge in [-0.3, -0.25) is 14.2 Å². The third-order valence-electron chi connectivity index (χ3n) is 3.92. The first-order valence-electron chi connectivity index (χ1n) is 7.86. The Morgan fingerprint density at radius 2 is 1.85 bits per heavy atom. The standard InChI is InChI=1S/C18H17N3O4S/c1-9-4-10(2)6-12(5-9)20-14(22)7-21-11(3)19-16-15(17(21)23)13(8-26-16)18(24)25/h4-6,8H,7H2,1-3H3,(H,20,22)(H,24,25). The van der Waals surface area contributed by atoms with Crippen LogP contribution in [0.2, 0.25) is 0 Å². The van der Waals surface area contributed by atoms with Crippen molar-refractivity contribution in [2.45, 2.75) is 27.3 Å². The molecule has 26 heavy (non-hydrogen) atoms. The van der Waals surface area contributed by atoms with E-state index in [1.54, 1.807) is 6.92 Å². The lowest BCUT2D eigenvalue weighted by Gasteiger charge is -2.11. The lowest BCUT2D eigenvalue weighted by molar-refractivity contribution is -0.116. The van der Waals surface area contributed by atoms with Gasteiger partial charge in [0.25, 0.3) is 5.56 Å². The average Bonchev–Trinajstić information content (AvgIpc) is 2.94. The molecule has 2 aromatic heterocycles. The molecule has 2 heterocycles. The van der Waals surface area contributed by atoms with Crippen LogP contribution in [-0.2, 0) is 11.3 Å². The van der Waals surface area contributed by atoms with Crippen molar-refractivity contribution in [1.82, 2.24) is 9.55 Å². The van der Waals surface area contributed by atoms with Crippen LogP contribution in [0.15, 0.2) is 28.4 Å². The van der Waals surface area contributed by atoms with Crippen LogP contribution in [0.25, 0.3) is 10.2 Å². The maximum atomic E-state index is 12.7. The highest BCUT2D eigenvalue weighted by molar-refractivity contribution is 7.17. The SMILES string of the molecule is Cc1cc(C)cc(NC(=O)Cn2c(C)nc3scc(C(=O)O)c3c2=O)c1. The van der Waals surface area contributed by atoms with E-state index in [1.165, 1.54) is 9.95 Å². The number of carboxylic acids is 1. The highest BCUT2D eigenvalue weighted by Crippen LogP contribution is 2.21. The van der Waals surface area contributed by atoms with Crippen molar-refractivity contribution in [3.05, 3.63) is 56.4 Å². The second-order valence-corrected chi connectivity index (χ2v) is 6.97. The number of aromatic carboxylic acids is 1. The number of carboxylic acid groups (broad SMARTS) is 1. The van der Waals surface area contributed by atoms with E-state index >= 15 is 0 Å². The maximum absolute atomic E-state index is 12.7. The number of carbonyl (C=O) groups excluding carboxylic acids is 1. The van der Waals surface area contributed by atoms with Crippen LogP contribution in [0, 0.1) is 20.8 Å². The summed E-state index contributed by atoms with van der Waals surface area (Å²) in [5.74, 6) is -1.21. The summed E-state index contributed by atoms with van der Waals surface area (Å²) in [6.45, 7) is 5.24. The van der Waals surface area contributed by atoms with Crippen molar-refractivity contribution in [3.63, 3.8) is 0 Å². The fourth-order valence-electron chi connectivity index (χ4n) is 2.86. The summed E-state index contributed by atoms with van der Waals surface area (Å²) in [5, 5.41) is 13.4. The molecular formula is C18H17N3O4S. The number of carbonyl (C=O) groups is 2. The van der Waals surface area contributed by atoms with Crippen molar-refractivity contribution >= 4 is 39.1 Å². The van der Waals surface area contributed by atoms with Crippen LogP contribution < -0.4 is 10.9 Å². The number of anilines is 1. The molecule has 134 valence electrons. The molecule has 2 N–H and O–H groups in total. The molecule has 8 heteroatoms. The van der Waals surface area contributed by atoms with Gasteiger partial charge >= 0.3 is 5.97 Å². The summed E-state index contributed by atoms with van der Waals surface area (Å²) in [7, 11) is 0. The zero-order chi connectivity index (χ0) is 19.0. The molecule has 3 aromatic rings. The van der Waals surface area contributed by atoms with E-state index in [0.717, 1.165) is 22.5 Å². The lowest BCUT2D eigenvalue weighted by Crippen LogP contribution is -2.30. The Hall–Kier alpha value is -3.00. The van der Waals surface area contributed by atoms with Crippen molar-refractivity contribution in [2.75, 3.05) is 5.32 Å². The zero-order valence-electron chi connectivity index (χ0n) is 14.5. The molecule has 0 aliphatic heterocycles. The van der Waals surface area contributed by atoms with Crippen LogP contribution in [0.1, 0.15) is 27.3 Å². The van der Waals surface area contributed by atoms with E-state index in [0.29, 0.717) is 16.3 Å². The van der Waals surface area contributed by atoms with Crippen LogP contribution in [-0.4, -0.2) is 26.5 Å². The molecular weight excluding hydrogens is 354 g/mol. The molecule has 0 saturated carbocycles. The first kappa shape index (κ1) is 17.8. The van der Waals surface area contributed by atoms with Gasteiger partial charge in [-0.05, 0) is 44.0 Å². The van der Waals surface area contributed by atoms with Crippen molar-refractivity contribution in [1.29, 1.82) is 0 Å². The van der Waals surface area contributed by atoms with Gasteiger partial charge in [0.2, 0.25) is 5.91 Å². The Kier molecular flexibility index (Phi) is 4.60. The number of aromatic nitrogens is 2. The van der Waals surface area contributed by atoms with E-state index < -0.39 is 11.5 Å². The lowest BCUT2D eigenvalue weighted by atomic mass is 10.1. The quantitative estimate of drug-likeness (QED) is 0.734. The first-order valence-corrected chi connectivity index (χ1v) is 8.74. The minimum absolute atomic E-state index is 0.0345. The zero-order valence-corrected chi connectivity index (χ0v) is 15.3. The monoisotopic (exact) mass is 371 g/mol. The van der Waals surface area contributed by atoms with Gasteiger partial charge in [-0.1, -0.05) is 6.07 Å². The van der Waals surface area contributed by atoms with Crippen molar-refractivity contribution in [3.8, 4) is 0 Å². The molecule has 0 fully saturated rings. The van der Waals surface area contributed by atoms with Gasteiger partial charge in [-0.15, -0.1) is 11.3 Å². The van der Waals surface area contributed by atoms with Gasteiger partial charge in [0.05, 0.1) is 10.9 Å². The molecule has 7 nitrogen and oxygen atoms in total. The number of thiophene rings is 1. The normalized spacial score (nSPS) is 10.9. The van der Waals surface area contributed by atoms with Gasteiger partial charge in [-0.2, -0.15) is 0 Å². The van der Waals surface area contributed by atoms with Crippen LogP contribution >= 0.6 is 11.3 Å². The molecule has 0 radical (unpaired) electrons. The molecule has 1 amide bonds. The average molecular weight is 371 g/mol. The molecule has 0 unspecified atom stereocenters. The minimum atomic E-state index is -1.19. The molecule has 0 saturated heterocycles. The predicted molar refractivity (Wildman–Crippen MR) is 100 cm³/mol. The molecule has 1 aromatic carbocycles. The number of hydrogen-bond donors (Lipinski definition) is 2. The minimum Gasteiger partial charge on any atom is -0.478 e. The third-order valence-corrected chi connectivity index (χ3v) is 4.79. The number of nitrogens with zero attached hydrogens (tertiary/aromatic N) is 2. The molecule has 0 atom stereocenters. The van der Waals surface area contributed by atoms with E-state index in [9.17, 15) is 19.5 Å². The Morgan fingerprint density at radius 3 is 2.46 bits per heavy atom. The Morgan fingerprint density at radius 1 is 1.19 bits per heavy atom. The van der Waals surface area contributed by atoms with Gasteiger partial charge in [0.1, 0.15) is 17.2 Å². The van der Waals surface area contributed by atoms with E-state index in [-0.39, 0.29) is 23.4 Å².